The summed E-state index contributed by atoms with van der Waals surface area (Å²) < 4.78 is 27.2. The van der Waals surface area contributed by atoms with E-state index in [9.17, 15) is 18.0 Å². The van der Waals surface area contributed by atoms with Crippen molar-refractivity contribution in [3.63, 3.8) is 0 Å². The van der Waals surface area contributed by atoms with Gasteiger partial charge in [-0.2, -0.15) is 0 Å². The molecule has 132 valence electrons. The molecule has 0 aliphatic carbocycles. The van der Waals surface area contributed by atoms with E-state index in [1.807, 2.05) is 11.4 Å². The summed E-state index contributed by atoms with van der Waals surface area (Å²) in [4.78, 5) is 22.5. The van der Waals surface area contributed by atoms with Gasteiger partial charge in [-0.05, 0) is 63.3 Å². The minimum Gasteiger partial charge on any atom is -0.481 e. The van der Waals surface area contributed by atoms with Crippen LogP contribution < -0.4 is 4.72 Å². The molecule has 0 atom stereocenters. The maximum atomic E-state index is 12.1. The Bertz CT molecular complexity index is 901. The van der Waals surface area contributed by atoms with Crippen LogP contribution in [-0.4, -0.2) is 31.8 Å². The third-order valence-corrected chi connectivity index (χ3v) is 6.09. The molecule has 1 aromatic carbocycles. The predicted molar refractivity (Wildman–Crippen MR) is 99.3 cm³/mol. The number of carboxylic acids is 1. The van der Waals surface area contributed by atoms with Crippen molar-refractivity contribution in [2.45, 2.75) is 11.3 Å². The van der Waals surface area contributed by atoms with Crippen molar-refractivity contribution in [2.75, 3.05) is 6.54 Å². The number of halogens is 1. The lowest BCUT2D eigenvalue weighted by Crippen LogP contribution is -2.26. The van der Waals surface area contributed by atoms with Crippen LogP contribution in [0.5, 0.6) is 0 Å². The number of ketones is 1. The molecule has 2 aromatic rings. The van der Waals surface area contributed by atoms with Crippen molar-refractivity contribution >= 4 is 55.1 Å². The summed E-state index contributed by atoms with van der Waals surface area (Å²) in [6, 6.07) is 7.34. The Morgan fingerprint density at radius 1 is 1.24 bits per heavy atom. The van der Waals surface area contributed by atoms with Crippen LogP contribution >= 0.6 is 27.3 Å². The van der Waals surface area contributed by atoms with Gasteiger partial charge in [0.05, 0.1) is 15.1 Å². The lowest BCUT2D eigenvalue weighted by Gasteiger charge is -2.06. The van der Waals surface area contributed by atoms with Gasteiger partial charge in [-0.15, -0.1) is 11.3 Å². The zero-order valence-corrected chi connectivity index (χ0v) is 16.0. The van der Waals surface area contributed by atoms with Crippen molar-refractivity contribution in [1.29, 1.82) is 0 Å². The number of allylic oxidation sites excluding steroid dienone is 1. The number of rotatable bonds is 8. The number of nitrogens with one attached hydrogen (secondary N) is 1. The number of carbonyl (C=O) groups excluding carboxylic acids is 1. The number of aliphatic carboxylic acids is 1. The SMILES string of the molecule is O=C(O)CCNS(=O)(=O)c1ccc(C(=O)/C=C/c2csc(Br)c2)cc1. The molecule has 0 bridgehead atoms. The molecular formula is C16H14BrNO5S2. The molecule has 0 aliphatic rings. The molecule has 0 saturated heterocycles. The summed E-state index contributed by atoms with van der Waals surface area (Å²) in [5.74, 6) is -1.34. The molecule has 0 spiro atoms. The molecule has 0 saturated carbocycles. The number of carbonyl (C=O) groups is 2. The van der Waals surface area contributed by atoms with E-state index < -0.39 is 16.0 Å². The Hall–Kier alpha value is -1.81. The van der Waals surface area contributed by atoms with Gasteiger partial charge < -0.3 is 5.11 Å². The molecule has 0 radical (unpaired) electrons. The monoisotopic (exact) mass is 443 g/mol. The highest BCUT2D eigenvalue weighted by Crippen LogP contribution is 2.21. The quantitative estimate of drug-likeness (QED) is 0.481. The fourth-order valence-corrected chi connectivity index (χ4v) is 4.03. The van der Waals surface area contributed by atoms with Crippen LogP contribution in [-0.2, 0) is 14.8 Å². The van der Waals surface area contributed by atoms with Gasteiger partial charge in [-0.25, -0.2) is 13.1 Å². The van der Waals surface area contributed by atoms with Crippen molar-refractivity contribution in [3.8, 4) is 0 Å². The Morgan fingerprint density at radius 3 is 2.48 bits per heavy atom. The maximum Gasteiger partial charge on any atom is 0.304 e. The summed E-state index contributed by atoms with van der Waals surface area (Å²) in [5, 5.41) is 10.4. The fourth-order valence-electron chi connectivity index (χ4n) is 1.85. The molecule has 0 amide bonds. The summed E-state index contributed by atoms with van der Waals surface area (Å²) >= 11 is 4.85. The van der Waals surface area contributed by atoms with E-state index in [2.05, 4.69) is 20.7 Å². The van der Waals surface area contributed by atoms with Gasteiger partial charge in [0.1, 0.15) is 0 Å². The van der Waals surface area contributed by atoms with Gasteiger partial charge in [-0.1, -0.05) is 6.08 Å². The number of hydrogen-bond donors (Lipinski definition) is 2. The second-order valence-electron chi connectivity index (χ2n) is 4.95. The summed E-state index contributed by atoms with van der Waals surface area (Å²) in [5.41, 5.74) is 1.25. The lowest BCUT2D eigenvalue weighted by atomic mass is 10.1. The molecule has 2 N–H and O–H groups in total. The zero-order chi connectivity index (χ0) is 18.4. The molecule has 1 heterocycles. The maximum absolute atomic E-state index is 12.1. The highest BCUT2D eigenvalue weighted by atomic mass is 79.9. The van der Waals surface area contributed by atoms with Crippen LogP contribution in [0.1, 0.15) is 22.3 Å². The number of thiophene rings is 1. The van der Waals surface area contributed by atoms with E-state index in [4.69, 9.17) is 5.11 Å². The fraction of sp³-hybridized carbons (Fsp3) is 0.125. The van der Waals surface area contributed by atoms with Crippen molar-refractivity contribution in [3.05, 3.63) is 56.7 Å². The summed E-state index contributed by atoms with van der Waals surface area (Å²) in [6.07, 6.45) is 2.80. The van der Waals surface area contributed by atoms with Crippen LogP contribution in [0.3, 0.4) is 0 Å². The normalized spacial score (nSPS) is 11.7. The van der Waals surface area contributed by atoms with Gasteiger partial charge in [0.2, 0.25) is 10.0 Å². The topological polar surface area (TPSA) is 101 Å². The van der Waals surface area contributed by atoms with Crippen LogP contribution in [0.25, 0.3) is 6.08 Å². The van der Waals surface area contributed by atoms with E-state index in [0.29, 0.717) is 5.56 Å². The van der Waals surface area contributed by atoms with Crippen LogP contribution in [0.4, 0.5) is 0 Å². The van der Waals surface area contributed by atoms with E-state index in [0.717, 1.165) is 9.35 Å². The largest absolute Gasteiger partial charge is 0.481 e. The predicted octanol–water partition coefficient (Wildman–Crippen LogP) is 3.16. The molecule has 25 heavy (non-hydrogen) atoms. The lowest BCUT2D eigenvalue weighted by molar-refractivity contribution is -0.136. The smallest absolute Gasteiger partial charge is 0.304 e. The van der Waals surface area contributed by atoms with E-state index in [-0.39, 0.29) is 23.6 Å². The molecule has 2 rings (SSSR count). The molecular weight excluding hydrogens is 430 g/mol. The van der Waals surface area contributed by atoms with Crippen LogP contribution in [0.15, 0.2) is 50.5 Å². The molecule has 0 unspecified atom stereocenters. The van der Waals surface area contributed by atoms with Gasteiger partial charge in [-0.3, -0.25) is 9.59 Å². The Kier molecular flexibility index (Phi) is 6.65. The second kappa shape index (κ2) is 8.52. The third kappa shape index (κ3) is 5.89. The standard InChI is InChI=1S/C16H14BrNO5S2/c17-15-9-11(10-24-15)1-6-14(19)12-2-4-13(5-3-12)25(22,23)18-8-7-16(20)21/h1-6,9-10,18H,7-8H2,(H,20,21)/b6-1+. The molecule has 6 nitrogen and oxygen atoms in total. The average molecular weight is 444 g/mol. The number of benzene rings is 1. The Morgan fingerprint density at radius 2 is 1.92 bits per heavy atom. The first kappa shape index (κ1) is 19.5. The van der Waals surface area contributed by atoms with Gasteiger partial charge in [0.25, 0.3) is 0 Å². The minimum atomic E-state index is -3.80. The van der Waals surface area contributed by atoms with Crippen molar-refractivity contribution in [1.82, 2.24) is 4.72 Å². The number of carboxylic acid groups (broad SMARTS) is 1. The van der Waals surface area contributed by atoms with Crippen LogP contribution in [0, 0.1) is 0 Å². The number of sulfonamides is 1. The van der Waals surface area contributed by atoms with E-state index in [1.165, 1.54) is 41.7 Å². The van der Waals surface area contributed by atoms with Crippen LogP contribution in [0.2, 0.25) is 0 Å². The highest BCUT2D eigenvalue weighted by Gasteiger charge is 2.14. The van der Waals surface area contributed by atoms with E-state index >= 15 is 0 Å². The number of hydrogen-bond acceptors (Lipinski definition) is 5. The summed E-state index contributed by atoms with van der Waals surface area (Å²) in [7, 11) is -3.80. The Balaban J connectivity index is 2.04. The second-order valence-corrected chi connectivity index (χ2v) is 9.01. The third-order valence-electron chi connectivity index (χ3n) is 3.09. The molecule has 9 heteroatoms. The molecule has 0 fully saturated rings. The van der Waals surface area contributed by atoms with Gasteiger partial charge in [0, 0.05) is 12.1 Å². The first-order chi connectivity index (χ1) is 11.8. The first-order valence-electron chi connectivity index (χ1n) is 7.06. The van der Waals surface area contributed by atoms with Crippen molar-refractivity contribution < 1.29 is 23.1 Å². The average Bonchev–Trinajstić information content (AvgIpc) is 2.97. The minimum absolute atomic E-state index is 0.0276. The zero-order valence-electron chi connectivity index (χ0n) is 12.8. The van der Waals surface area contributed by atoms with Gasteiger partial charge >= 0.3 is 5.97 Å². The summed E-state index contributed by atoms with van der Waals surface area (Å²) in [6.45, 7) is -0.197. The first-order valence-corrected chi connectivity index (χ1v) is 10.2. The van der Waals surface area contributed by atoms with Gasteiger partial charge in [0.15, 0.2) is 5.78 Å². The Labute approximate surface area is 157 Å². The highest BCUT2D eigenvalue weighted by molar-refractivity contribution is 9.11. The van der Waals surface area contributed by atoms with E-state index in [1.54, 1.807) is 6.08 Å². The van der Waals surface area contributed by atoms with Crippen molar-refractivity contribution in [2.24, 2.45) is 0 Å². The molecule has 0 aliphatic heterocycles. The molecule has 1 aromatic heterocycles.